The van der Waals surface area contributed by atoms with Crippen LogP contribution in [0, 0.1) is 5.82 Å². The predicted molar refractivity (Wildman–Crippen MR) is 117 cm³/mol. The number of carbonyl (C=O) groups is 2. The van der Waals surface area contributed by atoms with Crippen LogP contribution < -0.4 is 0 Å². The van der Waals surface area contributed by atoms with Crippen LogP contribution in [0.15, 0.2) is 54.6 Å². The number of likely N-dealkylation sites (tertiary alicyclic amines) is 2. The number of rotatable bonds is 3. The molecule has 0 bridgehead atoms. The van der Waals surface area contributed by atoms with Crippen molar-refractivity contribution in [2.24, 2.45) is 0 Å². The van der Waals surface area contributed by atoms with E-state index in [1.54, 1.807) is 0 Å². The maximum Gasteiger partial charge on any atom is 0.490 e. The normalized spacial score (nSPS) is 20.2. The summed E-state index contributed by atoms with van der Waals surface area (Å²) in [5.41, 5.74) is 2.86. The predicted octanol–water partition coefficient (Wildman–Crippen LogP) is 4.43. The highest BCUT2D eigenvalue weighted by molar-refractivity contribution is 5.98. The fraction of sp³-hybridized carbons (Fsp3) is 0.333. The van der Waals surface area contributed by atoms with E-state index in [2.05, 4.69) is 9.88 Å². The molecule has 0 aliphatic carbocycles. The van der Waals surface area contributed by atoms with E-state index in [1.165, 1.54) is 12.1 Å². The average Bonchev–Trinajstić information content (AvgIpc) is 3.43. The summed E-state index contributed by atoms with van der Waals surface area (Å²) in [6, 6.07) is 16.6. The van der Waals surface area contributed by atoms with Gasteiger partial charge in [-0.2, -0.15) is 13.2 Å². The van der Waals surface area contributed by atoms with Gasteiger partial charge in [0.05, 0.1) is 0 Å². The maximum atomic E-state index is 13.1. The molecule has 0 radical (unpaired) electrons. The number of hydrogen-bond acceptors (Lipinski definition) is 3. The molecule has 2 aliphatic rings. The van der Waals surface area contributed by atoms with E-state index in [0.29, 0.717) is 5.69 Å². The number of nitrogens with one attached hydrogen (secondary N) is 1. The van der Waals surface area contributed by atoms with E-state index in [-0.39, 0.29) is 17.3 Å². The van der Waals surface area contributed by atoms with Crippen LogP contribution in [0.3, 0.4) is 0 Å². The Balaban J connectivity index is 0.000000344. The summed E-state index contributed by atoms with van der Waals surface area (Å²) in [6.45, 7) is 3.40. The van der Waals surface area contributed by atoms with E-state index in [4.69, 9.17) is 9.90 Å². The van der Waals surface area contributed by atoms with Crippen LogP contribution in [0.2, 0.25) is 0 Å². The van der Waals surface area contributed by atoms with Gasteiger partial charge in [0, 0.05) is 42.6 Å². The Kier molecular flexibility index (Phi) is 6.35. The number of H-pyrrole nitrogens is 1. The topological polar surface area (TPSA) is 76.6 Å². The lowest BCUT2D eigenvalue weighted by molar-refractivity contribution is -0.192. The Bertz CT molecular complexity index is 1160. The van der Waals surface area contributed by atoms with Gasteiger partial charge in [-0.3, -0.25) is 9.69 Å². The Hall–Kier alpha value is -3.40. The molecule has 5 rings (SSSR count). The van der Waals surface area contributed by atoms with Gasteiger partial charge in [0.15, 0.2) is 0 Å². The minimum absolute atomic E-state index is 0.0794. The molecular weight excluding hydrogens is 454 g/mol. The summed E-state index contributed by atoms with van der Waals surface area (Å²) in [5.74, 6) is -2.88. The van der Waals surface area contributed by atoms with Crippen molar-refractivity contribution in [3.63, 3.8) is 0 Å². The minimum atomic E-state index is -5.08. The third-order valence-corrected chi connectivity index (χ3v) is 6.43. The summed E-state index contributed by atoms with van der Waals surface area (Å²) in [7, 11) is 0. The van der Waals surface area contributed by atoms with Gasteiger partial charge < -0.3 is 15.0 Å². The monoisotopic (exact) mass is 477 g/mol. The van der Waals surface area contributed by atoms with Gasteiger partial charge in [-0.1, -0.05) is 30.3 Å². The molecule has 1 atom stereocenters. The van der Waals surface area contributed by atoms with Crippen LogP contribution in [0.1, 0.15) is 28.9 Å². The number of halogens is 4. The molecule has 3 heterocycles. The van der Waals surface area contributed by atoms with Crippen LogP contribution in [-0.4, -0.2) is 63.1 Å². The molecular formula is C24H23F4N3O3. The van der Waals surface area contributed by atoms with E-state index >= 15 is 0 Å². The third kappa shape index (κ3) is 4.91. The van der Waals surface area contributed by atoms with Crippen LogP contribution >= 0.6 is 0 Å². The fourth-order valence-corrected chi connectivity index (χ4v) is 4.49. The first-order chi connectivity index (χ1) is 16.1. The number of aromatic nitrogens is 1. The second-order valence-corrected chi connectivity index (χ2v) is 8.57. The summed E-state index contributed by atoms with van der Waals surface area (Å²) >= 11 is 0. The number of carboxylic acids is 1. The molecule has 1 unspecified atom stereocenters. The number of carboxylic acid groups (broad SMARTS) is 1. The molecule has 6 nitrogen and oxygen atoms in total. The van der Waals surface area contributed by atoms with Crippen molar-refractivity contribution in [3.8, 4) is 0 Å². The lowest BCUT2D eigenvalue weighted by atomic mass is 9.83. The number of para-hydroxylation sites is 1. The molecule has 3 aromatic rings. The molecule has 0 saturated carbocycles. The van der Waals surface area contributed by atoms with Crippen LogP contribution in [0.5, 0.6) is 0 Å². The van der Waals surface area contributed by atoms with E-state index in [1.807, 2.05) is 47.4 Å². The number of nitrogens with zero attached hydrogens (tertiary/aromatic N) is 2. The maximum absolute atomic E-state index is 13.1. The standard InChI is InChI=1S/C22H22FN3O.C2HF3O2/c23-18-7-5-16(6-8-18)14-26-12-10-22(26)9-11-25(15-22)21(27)20-13-17-3-1-2-4-19(17)24-20;3-2(4,5)1(6)7/h1-8,13,24H,9-12,14-15H2;(H,6,7). The van der Waals surface area contributed by atoms with Gasteiger partial charge in [-0.05, 0) is 42.7 Å². The smallest absolute Gasteiger partial charge is 0.475 e. The van der Waals surface area contributed by atoms with Gasteiger partial charge in [-0.25, -0.2) is 9.18 Å². The molecule has 1 amide bonds. The van der Waals surface area contributed by atoms with Gasteiger partial charge in [-0.15, -0.1) is 0 Å². The number of aliphatic carboxylic acids is 1. The average molecular weight is 477 g/mol. The molecule has 2 aromatic carbocycles. The van der Waals surface area contributed by atoms with Gasteiger partial charge >= 0.3 is 12.1 Å². The zero-order chi connectivity index (χ0) is 24.5. The largest absolute Gasteiger partial charge is 0.490 e. The number of carbonyl (C=O) groups excluding carboxylic acids is 1. The summed E-state index contributed by atoms with van der Waals surface area (Å²) < 4.78 is 44.9. The minimum Gasteiger partial charge on any atom is -0.475 e. The van der Waals surface area contributed by atoms with Crippen LogP contribution in [-0.2, 0) is 11.3 Å². The van der Waals surface area contributed by atoms with Crippen molar-refractivity contribution < 1.29 is 32.3 Å². The fourth-order valence-electron chi connectivity index (χ4n) is 4.49. The van der Waals surface area contributed by atoms with Crippen molar-refractivity contribution >= 4 is 22.8 Å². The lowest BCUT2D eigenvalue weighted by Gasteiger charge is -2.50. The molecule has 1 aromatic heterocycles. The second kappa shape index (κ2) is 9.09. The van der Waals surface area contributed by atoms with Gasteiger partial charge in [0.1, 0.15) is 11.5 Å². The third-order valence-electron chi connectivity index (χ3n) is 6.43. The first kappa shape index (κ1) is 23.7. The van der Waals surface area contributed by atoms with E-state index in [0.717, 1.165) is 55.5 Å². The zero-order valence-electron chi connectivity index (χ0n) is 18.1. The van der Waals surface area contributed by atoms with E-state index < -0.39 is 12.1 Å². The molecule has 2 fully saturated rings. The van der Waals surface area contributed by atoms with Crippen molar-refractivity contribution in [2.45, 2.75) is 31.1 Å². The van der Waals surface area contributed by atoms with Crippen molar-refractivity contribution in [1.82, 2.24) is 14.8 Å². The Morgan fingerprint density at radius 2 is 1.68 bits per heavy atom. The first-order valence-corrected chi connectivity index (χ1v) is 10.7. The number of alkyl halides is 3. The molecule has 2 aliphatic heterocycles. The number of fused-ring (bicyclic) bond motifs is 1. The molecule has 2 N–H and O–H groups in total. The van der Waals surface area contributed by atoms with Gasteiger partial charge in [0.25, 0.3) is 5.91 Å². The van der Waals surface area contributed by atoms with Gasteiger partial charge in [0.2, 0.25) is 0 Å². The summed E-state index contributed by atoms with van der Waals surface area (Å²) in [6.07, 6.45) is -2.97. The van der Waals surface area contributed by atoms with Crippen molar-refractivity contribution in [2.75, 3.05) is 19.6 Å². The molecule has 34 heavy (non-hydrogen) atoms. The summed E-state index contributed by atoms with van der Waals surface area (Å²) in [4.78, 5) is 29.5. The lowest BCUT2D eigenvalue weighted by Crippen LogP contribution is -2.60. The summed E-state index contributed by atoms with van der Waals surface area (Å²) in [5, 5.41) is 8.19. The number of hydrogen-bond donors (Lipinski definition) is 2. The molecule has 2 saturated heterocycles. The second-order valence-electron chi connectivity index (χ2n) is 8.57. The number of benzene rings is 2. The van der Waals surface area contributed by atoms with Crippen molar-refractivity contribution in [1.29, 1.82) is 0 Å². The molecule has 1 spiro atoms. The Labute approximate surface area is 192 Å². The van der Waals surface area contributed by atoms with Crippen molar-refractivity contribution in [3.05, 3.63) is 71.7 Å². The SMILES string of the molecule is O=C(O)C(F)(F)F.O=C(c1cc2ccccc2[nH]1)N1CCC2(CCN2Cc2ccc(F)cc2)C1. The number of amides is 1. The van der Waals surface area contributed by atoms with Crippen LogP contribution in [0.4, 0.5) is 17.6 Å². The Morgan fingerprint density at radius 1 is 1.03 bits per heavy atom. The first-order valence-electron chi connectivity index (χ1n) is 10.7. The number of aromatic amines is 1. The highest BCUT2D eigenvalue weighted by atomic mass is 19.4. The van der Waals surface area contributed by atoms with E-state index in [9.17, 15) is 22.4 Å². The highest BCUT2D eigenvalue weighted by Crippen LogP contribution is 2.40. The molecule has 180 valence electrons. The molecule has 10 heteroatoms. The quantitative estimate of drug-likeness (QED) is 0.548. The van der Waals surface area contributed by atoms with Crippen LogP contribution in [0.25, 0.3) is 10.9 Å². The highest BCUT2D eigenvalue weighted by Gasteiger charge is 2.50. The Morgan fingerprint density at radius 3 is 2.26 bits per heavy atom. The zero-order valence-corrected chi connectivity index (χ0v) is 18.1.